The summed E-state index contributed by atoms with van der Waals surface area (Å²) in [6, 6.07) is 6.84. The van der Waals surface area contributed by atoms with Gasteiger partial charge in [0.2, 0.25) is 0 Å². The zero-order chi connectivity index (χ0) is 17.0. The van der Waals surface area contributed by atoms with E-state index in [1.165, 1.54) is 57.4 Å². The van der Waals surface area contributed by atoms with Crippen LogP contribution in [0.4, 0.5) is 0 Å². The Balaban J connectivity index is 0.00000529. The molecule has 6 heteroatoms. The van der Waals surface area contributed by atoms with Crippen molar-refractivity contribution < 1.29 is 46.7 Å². The van der Waals surface area contributed by atoms with Gasteiger partial charge in [0.1, 0.15) is 5.75 Å². The first kappa shape index (κ1) is 23.9. The minimum atomic E-state index is -4.70. The zero-order valence-electron chi connectivity index (χ0n) is 15.1. The Labute approximate surface area is 169 Å². The summed E-state index contributed by atoms with van der Waals surface area (Å²) in [5, 5.41) is 0. The molecule has 0 unspecified atom stereocenters. The number of unbranched alkanes of at least 4 members (excludes halogenated alkanes) is 9. The van der Waals surface area contributed by atoms with Gasteiger partial charge in [-0.1, -0.05) is 82.9 Å². The van der Waals surface area contributed by atoms with Gasteiger partial charge in [0.15, 0.2) is 0 Å². The average Bonchev–Trinajstić information content (AvgIpc) is 2.49. The molecule has 1 aromatic rings. The van der Waals surface area contributed by atoms with Crippen molar-refractivity contribution in [1.29, 1.82) is 0 Å². The largest absolute Gasteiger partial charge is 1.00 e. The maximum Gasteiger partial charge on any atom is 1.00 e. The van der Waals surface area contributed by atoms with Crippen LogP contribution in [-0.4, -0.2) is 13.0 Å². The van der Waals surface area contributed by atoms with Crippen LogP contribution >= 0.6 is 0 Å². The van der Waals surface area contributed by atoms with Gasteiger partial charge in [0.05, 0.1) is 0 Å². The summed E-state index contributed by atoms with van der Waals surface area (Å²) >= 11 is 0. The Bertz CT molecular complexity index is 532. The van der Waals surface area contributed by atoms with Crippen LogP contribution in [0.5, 0.6) is 5.75 Å². The van der Waals surface area contributed by atoms with E-state index in [0.29, 0.717) is 0 Å². The second kappa shape index (κ2) is 14.1. The zero-order valence-corrected chi connectivity index (χ0v) is 17.9. The third-order valence-corrected chi connectivity index (χ3v) is 4.35. The van der Waals surface area contributed by atoms with E-state index < -0.39 is 10.4 Å². The van der Waals surface area contributed by atoms with Gasteiger partial charge in [0, 0.05) is 0 Å². The first-order chi connectivity index (χ1) is 11.0. The van der Waals surface area contributed by atoms with E-state index in [9.17, 15) is 13.0 Å². The summed E-state index contributed by atoms with van der Waals surface area (Å²) in [4.78, 5) is 0. The van der Waals surface area contributed by atoms with Crippen LogP contribution in [0.15, 0.2) is 24.3 Å². The summed E-state index contributed by atoms with van der Waals surface area (Å²) in [5.74, 6) is 0.165. The molecule has 0 aliphatic heterocycles. The molecular weight excluding hydrogens is 335 g/mol. The number of hydrogen-bond acceptors (Lipinski definition) is 4. The first-order valence-electron chi connectivity index (χ1n) is 8.76. The van der Waals surface area contributed by atoms with E-state index in [-0.39, 0.29) is 35.3 Å². The van der Waals surface area contributed by atoms with Crippen molar-refractivity contribution in [2.45, 2.75) is 77.6 Å². The predicted molar refractivity (Wildman–Crippen MR) is 92.3 cm³/mol. The van der Waals surface area contributed by atoms with E-state index in [2.05, 4.69) is 11.1 Å². The summed E-state index contributed by atoms with van der Waals surface area (Å²) < 4.78 is 36.6. The van der Waals surface area contributed by atoms with Crippen molar-refractivity contribution in [2.75, 3.05) is 0 Å². The molecule has 1 aromatic carbocycles. The fourth-order valence-corrected chi connectivity index (χ4v) is 3.09. The number of hydrogen-bond donors (Lipinski definition) is 0. The number of benzene rings is 1. The molecule has 0 spiro atoms. The van der Waals surface area contributed by atoms with Crippen LogP contribution < -0.4 is 33.7 Å². The molecule has 0 radical (unpaired) electrons. The molecule has 0 saturated carbocycles. The SMILES string of the molecule is CCCCCCCCCCCCc1ccccc1OS(=O)(=O)[O-].[Na+]. The van der Waals surface area contributed by atoms with Crippen molar-refractivity contribution >= 4 is 10.4 Å². The third-order valence-electron chi connectivity index (χ3n) is 3.96. The van der Waals surface area contributed by atoms with Crippen molar-refractivity contribution in [3.63, 3.8) is 0 Å². The van der Waals surface area contributed by atoms with Gasteiger partial charge in [0.25, 0.3) is 10.4 Å². The predicted octanol–water partition coefficient (Wildman–Crippen LogP) is 1.99. The molecule has 0 aliphatic carbocycles. The molecule has 4 nitrogen and oxygen atoms in total. The van der Waals surface area contributed by atoms with Gasteiger partial charge in [-0.3, -0.25) is 0 Å². The smallest absolute Gasteiger partial charge is 0.716 e. The Morgan fingerprint density at radius 1 is 0.875 bits per heavy atom. The number of para-hydroxylation sites is 1. The molecule has 1 rings (SSSR count). The molecule has 0 fully saturated rings. The molecule has 0 bridgehead atoms. The molecule has 0 amide bonds. The van der Waals surface area contributed by atoms with Crippen molar-refractivity contribution in [2.24, 2.45) is 0 Å². The number of rotatable bonds is 13. The Morgan fingerprint density at radius 3 is 1.92 bits per heavy atom. The fraction of sp³-hybridized carbons (Fsp3) is 0.667. The molecule has 0 heterocycles. The quantitative estimate of drug-likeness (QED) is 0.232. The fourth-order valence-electron chi connectivity index (χ4n) is 2.70. The molecule has 0 N–H and O–H groups in total. The standard InChI is InChI=1S/C18H30O4S.Na/c1-2-3-4-5-6-7-8-9-10-11-14-17-15-12-13-16-18(17)22-23(19,20)21;/h12-13,15-16H,2-11,14H2,1H3,(H,19,20,21);/q;+1/p-1. The summed E-state index contributed by atoms with van der Waals surface area (Å²) in [6.07, 6.45) is 13.3. The molecule has 0 aromatic heterocycles. The molecule has 0 saturated heterocycles. The first-order valence-corrected chi connectivity index (χ1v) is 10.1. The van der Waals surface area contributed by atoms with Gasteiger partial charge >= 0.3 is 29.6 Å². The van der Waals surface area contributed by atoms with Gasteiger partial charge in [-0.15, -0.1) is 0 Å². The minimum Gasteiger partial charge on any atom is -0.716 e. The van der Waals surface area contributed by atoms with Crippen LogP contribution in [0, 0.1) is 0 Å². The van der Waals surface area contributed by atoms with Gasteiger partial charge < -0.3 is 8.74 Å². The number of aryl methyl sites for hydroxylation is 1. The van der Waals surface area contributed by atoms with Crippen molar-refractivity contribution in [3.8, 4) is 5.75 Å². The van der Waals surface area contributed by atoms with Crippen molar-refractivity contribution in [3.05, 3.63) is 29.8 Å². The maximum atomic E-state index is 10.7. The van der Waals surface area contributed by atoms with Crippen LogP contribution in [0.1, 0.15) is 76.7 Å². The molecule has 24 heavy (non-hydrogen) atoms. The van der Waals surface area contributed by atoms with E-state index in [0.717, 1.165) is 24.8 Å². The van der Waals surface area contributed by atoms with Crippen LogP contribution in [0.25, 0.3) is 0 Å². The Hall–Kier alpha value is -0.0700. The Kier molecular flexibility index (Phi) is 14.1. The van der Waals surface area contributed by atoms with E-state index in [4.69, 9.17) is 0 Å². The van der Waals surface area contributed by atoms with E-state index in [1.54, 1.807) is 6.07 Å². The summed E-state index contributed by atoms with van der Waals surface area (Å²) in [7, 11) is -4.70. The van der Waals surface area contributed by atoms with Gasteiger partial charge in [-0.05, 0) is 24.5 Å². The summed E-state index contributed by atoms with van der Waals surface area (Å²) in [6.45, 7) is 2.23. The normalized spacial score (nSPS) is 11.1. The molecular formula is C18H29NaO4S. The molecule has 132 valence electrons. The van der Waals surface area contributed by atoms with E-state index >= 15 is 0 Å². The second-order valence-electron chi connectivity index (χ2n) is 6.03. The molecule has 0 atom stereocenters. The molecule has 0 aliphatic rings. The summed E-state index contributed by atoms with van der Waals surface area (Å²) in [5.41, 5.74) is 0.784. The monoisotopic (exact) mass is 364 g/mol. The Morgan fingerprint density at radius 2 is 1.38 bits per heavy atom. The van der Waals surface area contributed by atoms with Gasteiger partial charge in [-0.25, -0.2) is 8.42 Å². The third kappa shape index (κ3) is 12.3. The van der Waals surface area contributed by atoms with Crippen molar-refractivity contribution in [1.82, 2.24) is 0 Å². The second-order valence-corrected chi connectivity index (χ2v) is 7.01. The van der Waals surface area contributed by atoms with Crippen LogP contribution in [-0.2, 0) is 16.8 Å². The van der Waals surface area contributed by atoms with Gasteiger partial charge in [-0.2, -0.15) is 0 Å². The topological polar surface area (TPSA) is 66.4 Å². The van der Waals surface area contributed by atoms with Crippen LogP contribution in [0.2, 0.25) is 0 Å². The maximum absolute atomic E-state index is 10.7. The average molecular weight is 364 g/mol. The van der Waals surface area contributed by atoms with E-state index in [1.807, 2.05) is 12.1 Å². The minimum absolute atomic E-state index is 0. The van der Waals surface area contributed by atoms with Crippen LogP contribution in [0.3, 0.4) is 0 Å².